The molecule has 7 nitrogen and oxygen atoms in total. The Hall–Kier alpha value is -1.77. The van der Waals surface area contributed by atoms with Gasteiger partial charge < -0.3 is 4.74 Å². The highest BCUT2D eigenvalue weighted by Crippen LogP contribution is 2.27. The molecule has 1 atom stereocenters. The van der Waals surface area contributed by atoms with Gasteiger partial charge in [0.05, 0.1) is 17.2 Å². The third kappa shape index (κ3) is 3.82. The molecule has 1 aromatic rings. The highest BCUT2D eigenvalue weighted by atomic mass is 32.2. The zero-order valence-electron chi connectivity index (χ0n) is 14.9. The van der Waals surface area contributed by atoms with E-state index in [0.717, 1.165) is 17.7 Å². The van der Waals surface area contributed by atoms with Crippen molar-refractivity contribution in [1.29, 1.82) is 0 Å². The minimum absolute atomic E-state index is 0.178. The third-order valence-corrected chi connectivity index (χ3v) is 6.70. The number of carbonyl (C=O) groups excluding carboxylic acids is 2. The standard InChI is InChI=1S/C18H24N2O5S/c1-2-25-13-14-4-3-11-19(12-14)26(23,24)16-7-5-15(6-8-16)20-17(21)9-10-18(20)22/h5-8,14H,2-4,9-13H2,1H3. The van der Waals surface area contributed by atoms with Crippen molar-refractivity contribution in [2.24, 2.45) is 5.92 Å². The number of nitrogens with zero attached hydrogens (tertiary/aromatic N) is 2. The fourth-order valence-electron chi connectivity index (χ4n) is 3.45. The summed E-state index contributed by atoms with van der Waals surface area (Å²) in [6.45, 7) is 4.07. The van der Waals surface area contributed by atoms with Gasteiger partial charge in [0.15, 0.2) is 0 Å². The van der Waals surface area contributed by atoms with Gasteiger partial charge in [-0.15, -0.1) is 0 Å². The normalized spacial score (nSPS) is 22.2. The second kappa shape index (κ2) is 7.85. The average molecular weight is 380 g/mol. The van der Waals surface area contributed by atoms with Gasteiger partial charge in [0.1, 0.15) is 0 Å². The summed E-state index contributed by atoms with van der Waals surface area (Å²) >= 11 is 0. The highest BCUT2D eigenvalue weighted by Gasteiger charge is 2.32. The first-order chi connectivity index (χ1) is 12.4. The van der Waals surface area contributed by atoms with E-state index in [0.29, 0.717) is 32.0 Å². The van der Waals surface area contributed by atoms with Gasteiger partial charge in [-0.25, -0.2) is 8.42 Å². The number of hydrogen-bond donors (Lipinski definition) is 0. The van der Waals surface area contributed by atoms with Crippen LogP contribution in [-0.4, -0.2) is 50.8 Å². The molecule has 0 N–H and O–H groups in total. The Bertz CT molecular complexity index is 759. The SMILES string of the molecule is CCOCC1CCCN(S(=O)(=O)c2ccc(N3C(=O)CCC3=O)cc2)C1. The Balaban J connectivity index is 1.75. The fraction of sp³-hybridized carbons (Fsp3) is 0.556. The van der Waals surface area contributed by atoms with Crippen LogP contribution < -0.4 is 4.90 Å². The molecule has 0 aromatic heterocycles. The summed E-state index contributed by atoms with van der Waals surface area (Å²) in [7, 11) is -3.60. The first kappa shape index (κ1) is 19.0. The lowest BCUT2D eigenvalue weighted by Gasteiger charge is -2.31. The van der Waals surface area contributed by atoms with Gasteiger partial charge in [0, 0.05) is 32.5 Å². The summed E-state index contributed by atoms with van der Waals surface area (Å²) in [6.07, 6.45) is 2.18. The lowest BCUT2D eigenvalue weighted by molar-refractivity contribution is -0.121. The van der Waals surface area contributed by atoms with Crippen LogP contribution in [0.15, 0.2) is 29.2 Å². The largest absolute Gasteiger partial charge is 0.381 e. The smallest absolute Gasteiger partial charge is 0.243 e. The summed E-state index contributed by atoms with van der Waals surface area (Å²) in [4.78, 5) is 24.9. The molecule has 0 aliphatic carbocycles. The first-order valence-electron chi connectivity index (χ1n) is 8.97. The predicted molar refractivity (Wildman–Crippen MR) is 96.1 cm³/mol. The van der Waals surface area contributed by atoms with Crippen molar-refractivity contribution in [3.05, 3.63) is 24.3 Å². The Kier molecular flexibility index (Phi) is 5.74. The van der Waals surface area contributed by atoms with Gasteiger partial charge in [-0.2, -0.15) is 4.31 Å². The molecule has 1 unspecified atom stereocenters. The van der Waals surface area contributed by atoms with Crippen molar-refractivity contribution in [2.45, 2.75) is 37.5 Å². The molecule has 2 fully saturated rings. The molecule has 0 spiro atoms. The van der Waals surface area contributed by atoms with E-state index in [1.807, 2.05) is 6.92 Å². The van der Waals surface area contributed by atoms with Gasteiger partial charge in [-0.1, -0.05) is 0 Å². The molecule has 2 saturated heterocycles. The van der Waals surface area contributed by atoms with Crippen LogP contribution in [0.2, 0.25) is 0 Å². The number of benzene rings is 1. The zero-order valence-corrected chi connectivity index (χ0v) is 15.7. The van der Waals surface area contributed by atoms with E-state index in [-0.39, 0.29) is 35.5 Å². The maximum Gasteiger partial charge on any atom is 0.243 e. The molecular weight excluding hydrogens is 356 g/mol. The van der Waals surface area contributed by atoms with Crippen LogP contribution in [0, 0.1) is 5.92 Å². The third-order valence-electron chi connectivity index (χ3n) is 4.82. The van der Waals surface area contributed by atoms with Crippen molar-refractivity contribution in [3.63, 3.8) is 0 Å². The van der Waals surface area contributed by atoms with E-state index in [9.17, 15) is 18.0 Å². The maximum atomic E-state index is 12.9. The van der Waals surface area contributed by atoms with E-state index in [1.54, 1.807) is 0 Å². The van der Waals surface area contributed by atoms with E-state index >= 15 is 0 Å². The summed E-state index contributed by atoms with van der Waals surface area (Å²) in [5.74, 6) is -0.293. The Morgan fingerprint density at radius 3 is 2.38 bits per heavy atom. The van der Waals surface area contributed by atoms with Gasteiger partial charge in [0.2, 0.25) is 21.8 Å². The lowest BCUT2D eigenvalue weighted by Crippen LogP contribution is -2.41. The first-order valence-corrected chi connectivity index (χ1v) is 10.4. The molecule has 8 heteroatoms. The highest BCUT2D eigenvalue weighted by molar-refractivity contribution is 7.89. The number of sulfonamides is 1. The molecule has 2 aliphatic heterocycles. The predicted octanol–water partition coefficient (Wildman–Crippen LogP) is 1.78. The topological polar surface area (TPSA) is 84.0 Å². The lowest BCUT2D eigenvalue weighted by atomic mass is 10.0. The van der Waals surface area contributed by atoms with Gasteiger partial charge in [-0.05, 0) is 49.9 Å². The number of amides is 2. The Morgan fingerprint density at radius 1 is 1.12 bits per heavy atom. The van der Waals surface area contributed by atoms with Crippen molar-refractivity contribution in [2.75, 3.05) is 31.2 Å². The molecule has 2 amide bonds. The molecule has 1 aromatic carbocycles. The van der Waals surface area contributed by atoms with Crippen LogP contribution in [-0.2, 0) is 24.3 Å². The van der Waals surface area contributed by atoms with Crippen LogP contribution in [0.3, 0.4) is 0 Å². The number of carbonyl (C=O) groups is 2. The van der Waals surface area contributed by atoms with Gasteiger partial charge in [-0.3, -0.25) is 14.5 Å². The van der Waals surface area contributed by atoms with Crippen molar-refractivity contribution in [3.8, 4) is 0 Å². The zero-order chi connectivity index (χ0) is 18.7. The summed E-state index contributed by atoms with van der Waals surface area (Å²) in [5, 5.41) is 0. The molecule has 3 rings (SSSR count). The number of anilines is 1. The maximum absolute atomic E-state index is 12.9. The van der Waals surface area contributed by atoms with Crippen LogP contribution >= 0.6 is 0 Å². The molecule has 2 heterocycles. The van der Waals surface area contributed by atoms with Crippen LogP contribution in [0.4, 0.5) is 5.69 Å². The number of rotatable bonds is 6. The molecular formula is C18H24N2O5S. The second-order valence-electron chi connectivity index (χ2n) is 6.65. The monoisotopic (exact) mass is 380 g/mol. The van der Waals surface area contributed by atoms with E-state index in [2.05, 4.69) is 0 Å². The minimum atomic E-state index is -3.60. The van der Waals surface area contributed by atoms with E-state index in [1.165, 1.54) is 28.6 Å². The van der Waals surface area contributed by atoms with Crippen molar-refractivity contribution in [1.82, 2.24) is 4.31 Å². The molecule has 0 saturated carbocycles. The summed E-state index contributed by atoms with van der Waals surface area (Å²) in [6, 6.07) is 5.98. The molecule has 0 radical (unpaired) electrons. The number of ether oxygens (including phenoxy) is 1. The molecule has 26 heavy (non-hydrogen) atoms. The van der Waals surface area contributed by atoms with Gasteiger partial charge in [0.25, 0.3) is 0 Å². The summed E-state index contributed by atoms with van der Waals surface area (Å²) < 4.78 is 32.8. The number of hydrogen-bond acceptors (Lipinski definition) is 5. The molecule has 0 bridgehead atoms. The van der Waals surface area contributed by atoms with Crippen LogP contribution in [0.25, 0.3) is 0 Å². The summed E-state index contributed by atoms with van der Waals surface area (Å²) in [5.41, 5.74) is 0.421. The second-order valence-corrected chi connectivity index (χ2v) is 8.59. The quantitative estimate of drug-likeness (QED) is 0.703. The minimum Gasteiger partial charge on any atom is -0.381 e. The Morgan fingerprint density at radius 2 is 1.77 bits per heavy atom. The average Bonchev–Trinajstić information content (AvgIpc) is 2.98. The van der Waals surface area contributed by atoms with Crippen molar-refractivity contribution < 1.29 is 22.7 Å². The number of imide groups is 1. The van der Waals surface area contributed by atoms with Gasteiger partial charge >= 0.3 is 0 Å². The van der Waals surface area contributed by atoms with Crippen LogP contribution in [0.1, 0.15) is 32.6 Å². The fourth-order valence-corrected chi connectivity index (χ4v) is 5.00. The van der Waals surface area contributed by atoms with Crippen LogP contribution in [0.5, 0.6) is 0 Å². The molecule has 2 aliphatic rings. The van der Waals surface area contributed by atoms with E-state index in [4.69, 9.17) is 4.74 Å². The molecule has 142 valence electrons. The van der Waals surface area contributed by atoms with Crippen molar-refractivity contribution >= 4 is 27.5 Å². The number of piperidine rings is 1. The van der Waals surface area contributed by atoms with E-state index < -0.39 is 10.0 Å². The Labute approximate surface area is 154 Å².